The molecule has 1 fully saturated rings. The summed E-state index contributed by atoms with van der Waals surface area (Å²) in [5, 5.41) is 16.7. The summed E-state index contributed by atoms with van der Waals surface area (Å²) in [4.78, 5) is 19.9. The van der Waals surface area contributed by atoms with Gasteiger partial charge in [0.25, 0.3) is 0 Å². The van der Waals surface area contributed by atoms with Crippen LogP contribution in [0.1, 0.15) is 29.4 Å². The van der Waals surface area contributed by atoms with Gasteiger partial charge in [0.2, 0.25) is 5.91 Å². The molecule has 0 radical (unpaired) electrons. The first kappa shape index (κ1) is 18.4. The number of likely N-dealkylation sites (tertiary alicyclic amines) is 1. The maximum absolute atomic E-state index is 12.3. The fourth-order valence-electron chi connectivity index (χ4n) is 2.73. The molecule has 1 aliphatic heterocycles. The SMILES string of the molecule is Cc1nnc(CN=C(NCC(=O)N2CCCC2)NCc2cccs2)n1C. The number of amides is 1. The quantitative estimate of drug-likeness (QED) is 0.582. The van der Waals surface area contributed by atoms with Crippen molar-refractivity contribution in [3.8, 4) is 0 Å². The van der Waals surface area contributed by atoms with E-state index in [0.29, 0.717) is 19.0 Å². The summed E-state index contributed by atoms with van der Waals surface area (Å²) in [6.07, 6.45) is 2.18. The van der Waals surface area contributed by atoms with Gasteiger partial charge in [-0.15, -0.1) is 21.5 Å². The minimum absolute atomic E-state index is 0.114. The summed E-state index contributed by atoms with van der Waals surface area (Å²) in [5.41, 5.74) is 0. The molecule has 3 rings (SSSR count). The summed E-state index contributed by atoms with van der Waals surface area (Å²) < 4.78 is 1.91. The summed E-state index contributed by atoms with van der Waals surface area (Å²) in [7, 11) is 1.92. The lowest BCUT2D eigenvalue weighted by molar-refractivity contribution is -0.128. The number of aryl methyl sites for hydroxylation is 1. The molecule has 0 aliphatic carbocycles. The van der Waals surface area contributed by atoms with E-state index < -0.39 is 0 Å². The third-order valence-corrected chi connectivity index (χ3v) is 5.31. The molecule has 0 bridgehead atoms. The number of thiophene rings is 1. The number of aliphatic imine (C=N–C) groups is 1. The number of carbonyl (C=O) groups excluding carboxylic acids is 1. The Labute approximate surface area is 157 Å². The molecule has 2 aromatic heterocycles. The van der Waals surface area contributed by atoms with Crippen molar-refractivity contribution in [2.24, 2.45) is 12.0 Å². The molecule has 2 aromatic rings. The van der Waals surface area contributed by atoms with Gasteiger partial charge in [-0.1, -0.05) is 6.07 Å². The van der Waals surface area contributed by atoms with Crippen molar-refractivity contribution in [2.75, 3.05) is 19.6 Å². The highest BCUT2D eigenvalue weighted by atomic mass is 32.1. The molecule has 0 atom stereocenters. The first-order valence-electron chi connectivity index (χ1n) is 8.80. The van der Waals surface area contributed by atoms with Crippen molar-refractivity contribution in [3.63, 3.8) is 0 Å². The number of nitrogens with zero attached hydrogens (tertiary/aromatic N) is 5. The maximum Gasteiger partial charge on any atom is 0.241 e. The number of nitrogens with one attached hydrogen (secondary N) is 2. The fraction of sp³-hybridized carbons (Fsp3) is 0.529. The molecule has 8 nitrogen and oxygen atoms in total. The van der Waals surface area contributed by atoms with Crippen molar-refractivity contribution in [2.45, 2.75) is 32.9 Å². The van der Waals surface area contributed by atoms with E-state index in [0.717, 1.165) is 37.6 Å². The number of carbonyl (C=O) groups is 1. The lowest BCUT2D eigenvalue weighted by Crippen LogP contribution is -2.43. The molecule has 26 heavy (non-hydrogen) atoms. The molecule has 1 saturated heterocycles. The molecule has 2 N–H and O–H groups in total. The lowest BCUT2D eigenvalue weighted by atomic mass is 10.4. The number of rotatable bonds is 6. The fourth-order valence-corrected chi connectivity index (χ4v) is 3.38. The minimum Gasteiger partial charge on any atom is -0.351 e. The molecular formula is C17H25N7OS. The monoisotopic (exact) mass is 375 g/mol. The zero-order chi connectivity index (χ0) is 18.4. The molecule has 1 aliphatic rings. The van der Waals surface area contributed by atoms with Crippen LogP contribution in [-0.2, 0) is 24.9 Å². The minimum atomic E-state index is 0.114. The normalized spacial score (nSPS) is 14.7. The van der Waals surface area contributed by atoms with E-state index in [-0.39, 0.29) is 12.5 Å². The van der Waals surface area contributed by atoms with E-state index in [1.54, 1.807) is 11.3 Å². The van der Waals surface area contributed by atoms with Crippen LogP contribution in [0.25, 0.3) is 0 Å². The highest BCUT2D eigenvalue weighted by Gasteiger charge is 2.17. The Balaban J connectivity index is 1.60. The summed E-state index contributed by atoms with van der Waals surface area (Å²) in [6.45, 7) is 4.92. The lowest BCUT2D eigenvalue weighted by Gasteiger charge is -2.17. The average molecular weight is 376 g/mol. The van der Waals surface area contributed by atoms with Crippen molar-refractivity contribution in [1.82, 2.24) is 30.3 Å². The van der Waals surface area contributed by atoms with E-state index in [4.69, 9.17) is 0 Å². The van der Waals surface area contributed by atoms with Gasteiger partial charge in [-0.25, -0.2) is 4.99 Å². The summed E-state index contributed by atoms with van der Waals surface area (Å²) in [6, 6.07) is 4.09. The van der Waals surface area contributed by atoms with Crippen molar-refractivity contribution >= 4 is 23.2 Å². The van der Waals surface area contributed by atoms with Crippen molar-refractivity contribution < 1.29 is 4.79 Å². The van der Waals surface area contributed by atoms with Crippen LogP contribution >= 0.6 is 11.3 Å². The van der Waals surface area contributed by atoms with Crippen LogP contribution in [-0.4, -0.2) is 51.2 Å². The van der Waals surface area contributed by atoms with Crippen LogP contribution < -0.4 is 10.6 Å². The van der Waals surface area contributed by atoms with E-state index in [1.807, 2.05) is 34.9 Å². The molecule has 3 heterocycles. The molecular weight excluding hydrogens is 350 g/mol. The van der Waals surface area contributed by atoms with Gasteiger partial charge < -0.3 is 20.1 Å². The Kier molecular flexibility index (Phi) is 6.21. The number of hydrogen-bond donors (Lipinski definition) is 2. The predicted molar refractivity (Wildman–Crippen MR) is 102 cm³/mol. The topological polar surface area (TPSA) is 87.4 Å². The third-order valence-electron chi connectivity index (χ3n) is 4.44. The highest BCUT2D eigenvalue weighted by molar-refractivity contribution is 7.09. The largest absolute Gasteiger partial charge is 0.351 e. The second-order valence-electron chi connectivity index (χ2n) is 6.26. The van der Waals surface area contributed by atoms with Gasteiger partial charge >= 0.3 is 0 Å². The molecule has 1 amide bonds. The standard InChI is InChI=1S/C17H25N7OS/c1-13-21-22-15(23(13)2)11-19-17(18-10-14-6-5-9-26-14)20-12-16(25)24-7-3-4-8-24/h5-6,9H,3-4,7-8,10-12H2,1-2H3,(H2,18,19,20). The van der Waals surface area contributed by atoms with Crippen molar-refractivity contribution in [1.29, 1.82) is 0 Å². The van der Waals surface area contributed by atoms with Gasteiger partial charge in [-0.05, 0) is 31.2 Å². The van der Waals surface area contributed by atoms with Crippen LogP contribution in [0.3, 0.4) is 0 Å². The third kappa shape index (κ3) is 4.81. The van der Waals surface area contributed by atoms with Crippen molar-refractivity contribution in [3.05, 3.63) is 34.0 Å². The zero-order valence-electron chi connectivity index (χ0n) is 15.2. The Morgan fingerprint density at radius 3 is 2.77 bits per heavy atom. The molecule has 9 heteroatoms. The first-order chi connectivity index (χ1) is 12.6. The summed E-state index contributed by atoms with van der Waals surface area (Å²) in [5.74, 6) is 2.35. The van der Waals surface area contributed by atoms with E-state index in [9.17, 15) is 4.79 Å². The second-order valence-corrected chi connectivity index (χ2v) is 7.29. The number of hydrogen-bond acceptors (Lipinski definition) is 5. The summed E-state index contributed by atoms with van der Waals surface area (Å²) >= 11 is 1.68. The Hall–Kier alpha value is -2.42. The van der Waals surface area contributed by atoms with Crippen LogP contribution in [0.4, 0.5) is 0 Å². The highest BCUT2D eigenvalue weighted by Crippen LogP contribution is 2.08. The maximum atomic E-state index is 12.3. The van der Waals surface area contributed by atoms with Crippen LogP contribution in [0.2, 0.25) is 0 Å². The number of aromatic nitrogens is 3. The van der Waals surface area contributed by atoms with Crippen LogP contribution in [0, 0.1) is 6.92 Å². The van der Waals surface area contributed by atoms with Gasteiger partial charge in [0, 0.05) is 25.0 Å². The van der Waals surface area contributed by atoms with Crippen LogP contribution in [0.5, 0.6) is 0 Å². The molecule has 0 spiro atoms. The first-order valence-corrected chi connectivity index (χ1v) is 9.68. The second kappa shape index (κ2) is 8.79. The molecule has 0 unspecified atom stereocenters. The van der Waals surface area contributed by atoms with E-state index >= 15 is 0 Å². The van der Waals surface area contributed by atoms with Gasteiger partial charge in [0.1, 0.15) is 12.4 Å². The van der Waals surface area contributed by atoms with Gasteiger partial charge in [0.05, 0.1) is 13.1 Å². The van der Waals surface area contributed by atoms with Gasteiger partial charge in [-0.3, -0.25) is 4.79 Å². The predicted octanol–water partition coefficient (Wildman–Crippen LogP) is 1.04. The van der Waals surface area contributed by atoms with Gasteiger partial charge in [-0.2, -0.15) is 0 Å². The van der Waals surface area contributed by atoms with E-state index in [1.165, 1.54) is 4.88 Å². The van der Waals surface area contributed by atoms with Crippen LogP contribution in [0.15, 0.2) is 22.5 Å². The zero-order valence-corrected chi connectivity index (χ0v) is 16.1. The van der Waals surface area contributed by atoms with E-state index in [2.05, 4.69) is 31.9 Å². The Bertz CT molecular complexity index is 747. The number of guanidine groups is 1. The average Bonchev–Trinajstić information content (AvgIpc) is 3.39. The molecule has 0 aromatic carbocycles. The van der Waals surface area contributed by atoms with Gasteiger partial charge in [0.15, 0.2) is 11.8 Å². The Morgan fingerprint density at radius 1 is 1.31 bits per heavy atom. The smallest absolute Gasteiger partial charge is 0.241 e. The molecule has 140 valence electrons. The Morgan fingerprint density at radius 2 is 2.12 bits per heavy atom. The molecule has 0 saturated carbocycles.